The van der Waals surface area contributed by atoms with Crippen molar-refractivity contribution in [3.05, 3.63) is 16.5 Å². The third-order valence-corrected chi connectivity index (χ3v) is 5.59. The molecule has 1 aliphatic rings. The predicted octanol–water partition coefficient (Wildman–Crippen LogP) is 2.80. The summed E-state index contributed by atoms with van der Waals surface area (Å²) in [4.78, 5) is 36.4. The molecule has 0 aliphatic heterocycles. The molecule has 1 aliphatic carbocycles. The fourth-order valence-electron chi connectivity index (χ4n) is 2.92. The summed E-state index contributed by atoms with van der Waals surface area (Å²) in [6.45, 7) is 3.98. The molecule has 2 rings (SSSR count). The number of hydrogen-bond acceptors (Lipinski definition) is 4. The number of carbonyl (C=O) groups excluding carboxylic acids is 2. The number of carboxylic acids is 1. The number of amides is 2. The Bertz CT molecular complexity index is 624. The molecule has 23 heavy (non-hydrogen) atoms. The Balaban J connectivity index is 2.22. The quantitative estimate of drug-likeness (QED) is 0.766. The van der Waals surface area contributed by atoms with Crippen LogP contribution in [0, 0.1) is 11.8 Å². The summed E-state index contributed by atoms with van der Waals surface area (Å²) in [5.41, 5.74) is 5.67. The average molecular weight is 338 g/mol. The molecule has 0 aromatic carbocycles. The molecule has 1 saturated carbocycles. The first kappa shape index (κ1) is 17.5. The highest BCUT2D eigenvalue weighted by molar-refractivity contribution is 7.16. The van der Waals surface area contributed by atoms with Crippen LogP contribution in [0.1, 0.15) is 60.7 Å². The van der Waals surface area contributed by atoms with Crippen molar-refractivity contribution in [2.45, 2.75) is 45.4 Å². The van der Waals surface area contributed by atoms with Crippen LogP contribution in [0.5, 0.6) is 0 Å². The maximum absolute atomic E-state index is 12.5. The minimum atomic E-state index is -0.936. The van der Waals surface area contributed by atoms with Crippen molar-refractivity contribution in [1.82, 2.24) is 0 Å². The topological polar surface area (TPSA) is 109 Å². The summed E-state index contributed by atoms with van der Waals surface area (Å²) in [6.07, 6.45) is 2.73. The SMILES string of the molecule is CC(C)c1cc(C(N)=O)c(NC(=O)[C@@H]2CCCC[C@H]2C(=O)O)s1. The second kappa shape index (κ2) is 7.12. The summed E-state index contributed by atoms with van der Waals surface area (Å²) in [5, 5.41) is 12.4. The Morgan fingerprint density at radius 1 is 1.26 bits per heavy atom. The molecule has 1 heterocycles. The Kier molecular flexibility index (Phi) is 5.41. The van der Waals surface area contributed by atoms with E-state index >= 15 is 0 Å². The van der Waals surface area contributed by atoms with Crippen molar-refractivity contribution >= 4 is 34.1 Å². The van der Waals surface area contributed by atoms with E-state index in [0.717, 1.165) is 17.7 Å². The van der Waals surface area contributed by atoms with Crippen LogP contribution in [0.4, 0.5) is 5.00 Å². The van der Waals surface area contributed by atoms with Gasteiger partial charge in [0.05, 0.1) is 17.4 Å². The molecule has 1 aromatic heterocycles. The molecule has 0 bridgehead atoms. The van der Waals surface area contributed by atoms with E-state index in [1.807, 2.05) is 13.8 Å². The number of hydrogen-bond donors (Lipinski definition) is 3. The van der Waals surface area contributed by atoms with Gasteiger partial charge in [0.1, 0.15) is 5.00 Å². The molecule has 1 fully saturated rings. The third-order valence-electron chi connectivity index (χ3n) is 4.24. The van der Waals surface area contributed by atoms with Crippen molar-refractivity contribution < 1.29 is 19.5 Å². The number of carboxylic acid groups (broad SMARTS) is 1. The molecule has 2 atom stereocenters. The van der Waals surface area contributed by atoms with Crippen LogP contribution >= 0.6 is 11.3 Å². The number of nitrogens with two attached hydrogens (primary N) is 1. The number of aliphatic carboxylic acids is 1. The van der Waals surface area contributed by atoms with Crippen LogP contribution in [-0.2, 0) is 9.59 Å². The van der Waals surface area contributed by atoms with Gasteiger partial charge in [0.25, 0.3) is 5.91 Å². The second-order valence-corrected chi connectivity index (χ2v) is 7.32. The van der Waals surface area contributed by atoms with Gasteiger partial charge in [0.15, 0.2) is 0 Å². The highest BCUT2D eigenvalue weighted by Crippen LogP contribution is 2.35. The van der Waals surface area contributed by atoms with E-state index in [4.69, 9.17) is 5.73 Å². The monoisotopic (exact) mass is 338 g/mol. The highest BCUT2D eigenvalue weighted by atomic mass is 32.1. The van der Waals surface area contributed by atoms with E-state index in [1.54, 1.807) is 6.07 Å². The fraction of sp³-hybridized carbons (Fsp3) is 0.562. The first-order valence-corrected chi connectivity index (χ1v) is 8.60. The van der Waals surface area contributed by atoms with Crippen LogP contribution in [-0.4, -0.2) is 22.9 Å². The minimum Gasteiger partial charge on any atom is -0.481 e. The predicted molar refractivity (Wildman–Crippen MR) is 88.6 cm³/mol. The lowest BCUT2D eigenvalue weighted by molar-refractivity contribution is -0.147. The fourth-order valence-corrected chi connectivity index (χ4v) is 3.98. The molecule has 126 valence electrons. The first-order chi connectivity index (χ1) is 10.8. The Hall–Kier alpha value is -1.89. The number of carbonyl (C=O) groups is 3. The largest absolute Gasteiger partial charge is 0.481 e. The lowest BCUT2D eigenvalue weighted by Gasteiger charge is -2.27. The van der Waals surface area contributed by atoms with Gasteiger partial charge in [0, 0.05) is 4.88 Å². The normalized spacial score (nSPS) is 21.2. The minimum absolute atomic E-state index is 0.213. The summed E-state index contributed by atoms with van der Waals surface area (Å²) in [7, 11) is 0. The van der Waals surface area contributed by atoms with Gasteiger partial charge in [-0.15, -0.1) is 11.3 Å². The third kappa shape index (κ3) is 3.90. The first-order valence-electron chi connectivity index (χ1n) is 7.78. The van der Waals surface area contributed by atoms with Crippen LogP contribution in [0.25, 0.3) is 0 Å². The number of thiophene rings is 1. The van der Waals surface area contributed by atoms with Gasteiger partial charge in [-0.1, -0.05) is 26.7 Å². The van der Waals surface area contributed by atoms with Gasteiger partial charge in [-0.05, 0) is 24.8 Å². The Morgan fingerprint density at radius 2 is 1.87 bits per heavy atom. The maximum atomic E-state index is 12.5. The number of primary amides is 1. The van der Waals surface area contributed by atoms with Gasteiger partial charge in [0.2, 0.25) is 5.91 Å². The molecule has 0 radical (unpaired) electrons. The summed E-state index contributed by atoms with van der Waals surface area (Å²) < 4.78 is 0. The molecular formula is C16H22N2O4S. The van der Waals surface area contributed by atoms with E-state index in [1.165, 1.54) is 11.3 Å². The highest BCUT2D eigenvalue weighted by Gasteiger charge is 2.36. The van der Waals surface area contributed by atoms with Gasteiger partial charge in [-0.3, -0.25) is 14.4 Å². The van der Waals surface area contributed by atoms with Crippen LogP contribution in [0.15, 0.2) is 6.07 Å². The van der Waals surface area contributed by atoms with Gasteiger partial charge in [-0.25, -0.2) is 0 Å². The van der Waals surface area contributed by atoms with Crippen molar-refractivity contribution in [3.8, 4) is 0 Å². The van der Waals surface area contributed by atoms with Crippen molar-refractivity contribution in [2.24, 2.45) is 17.6 Å². The van der Waals surface area contributed by atoms with Gasteiger partial charge >= 0.3 is 5.97 Å². The van der Waals surface area contributed by atoms with E-state index in [2.05, 4.69) is 5.32 Å². The van der Waals surface area contributed by atoms with Crippen molar-refractivity contribution in [2.75, 3.05) is 5.32 Å². The van der Waals surface area contributed by atoms with Crippen molar-refractivity contribution in [3.63, 3.8) is 0 Å². The number of rotatable bonds is 5. The zero-order valence-electron chi connectivity index (χ0n) is 13.3. The lowest BCUT2D eigenvalue weighted by atomic mass is 9.79. The number of anilines is 1. The summed E-state index contributed by atoms with van der Waals surface area (Å²) in [6, 6.07) is 1.70. The average Bonchev–Trinajstić information content (AvgIpc) is 2.91. The van der Waals surface area contributed by atoms with Gasteiger partial charge in [-0.2, -0.15) is 0 Å². The molecule has 2 amide bonds. The summed E-state index contributed by atoms with van der Waals surface area (Å²) in [5.74, 6) is -2.88. The molecule has 6 nitrogen and oxygen atoms in total. The second-order valence-electron chi connectivity index (χ2n) is 6.24. The zero-order valence-corrected chi connectivity index (χ0v) is 14.1. The van der Waals surface area contributed by atoms with Crippen molar-refractivity contribution in [1.29, 1.82) is 0 Å². The number of nitrogens with one attached hydrogen (secondary N) is 1. The maximum Gasteiger partial charge on any atom is 0.307 e. The molecule has 4 N–H and O–H groups in total. The van der Waals surface area contributed by atoms with E-state index < -0.39 is 23.7 Å². The van der Waals surface area contributed by atoms with E-state index in [-0.39, 0.29) is 17.4 Å². The van der Waals surface area contributed by atoms with E-state index in [0.29, 0.717) is 17.8 Å². The molecule has 1 aromatic rings. The Labute approximate surface area is 139 Å². The molecule has 7 heteroatoms. The van der Waals surface area contributed by atoms with Gasteiger partial charge < -0.3 is 16.2 Å². The Morgan fingerprint density at radius 3 is 2.39 bits per heavy atom. The van der Waals surface area contributed by atoms with Crippen LogP contribution < -0.4 is 11.1 Å². The smallest absolute Gasteiger partial charge is 0.307 e. The van der Waals surface area contributed by atoms with Crippen LogP contribution in [0.3, 0.4) is 0 Å². The standard InChI is InChI=1S/C16H22N2O4S/c1-8(2)12-7-11(13(17)19)15(23-12)18-14(20)9-5-3-4-6-10(9)16(21)22/h7-10H,3-6H2,1-2H3,(H2,17,19)(H,18,20)(H,21,22)/t9-,10-/m1/s1. The molecule has 0 saturated heterocycles. The molecular weight excluding hydrogens is 316 g/mol. The lowest BCUT2D eigenvalue weighted by Crippen LogP contribution is -2.36. The zero-order chi connectivity index (χ0) is 17.1. The molecule has 0 spiro atoms. The van der Waals surface area contributed by atoms with Crippen LogP contribution in [0.2, 0.25) is 0 Å². The van der Waals surface area contributed by atoms with E-state index in [9.17, 15) is 19.5 Å². The molecule has 0 unspecified atom stereocenters. The summed E-state index contributed by atoms with van der Waals surface area (Å²) >= 11 is 1.32.